The predicted molar refractivity (Wildman–Crippen MR) is 129 cm³/mol. The smallest absolute Gasteiger partial charge is 0.142 e. The first kappa shape index (κ1) is 19.5. The molecule has 0 radical (unpaired) electrons. The molecular formula is C27H22N4O2. The third kappa shape index (κ3) is 3.69. The minimum absolute atomic E-state index is 0.0532. The monoisotopic (exact) mass is 434 g/mol. The van der Waals surface area contributed by atoms with Crippen LogP contribution >= 0.6 is 0 Å². The number of fused-ring (bicyclic) bond motifs is 3. The first-order valence-electron chi connectivity index (χ1n) is 10.9. The Morgan fingerprint density at radius 2 is 1.91 bits per heavy atom. The van der Waals surface area contributed by atoms with E-state index in [0.29, 0.717) is 6.61 Å². The number of pyridine rings is 1. The summed E-state index contributed by atoms with van der Waals surface area (Å²) in [6.07, 6.45) is 4.47. The van der Waals surface area contributed by atoms with Crippen LogP contribution in [0.3, 0.4) is 0 Å². The van der Waals surface area contributed by atoms with Crippen LogP contribution in [0.5, 0.6) is 11.5 Å². The van der Waals surface area contributed by atoms with Crippen molar-refractivity contribution in [2.24, 2.45) is 0 Å². The van der Waals surface area contributed by atoms with Gasteiger partial charge in [0.15, 0.2) is 0 Å². The summed E-state index contributed by atoms with van der Waals surface area (Å²) in [5, 5.41) is 6.73. The van der Waals surface area contributed by atoms with Crippen molar-refractivity contribution in [3.63, 3.8) is 0 Å². The van der Waals surface area contributed by atoms with Crippen LogP contribution in [0.15, 0.2) is 79.1 Å². The molecule has 33 heavy (non-hydrogen) atoms. The molecule has 0 saturated carbocycles. The SMILES string of the molecule is COc1ccc2c(c1)CC(c1nc(Nc3ccc4cnccc4c3)c3ccccc3n1)CO2. The Kier molecular flexibility index (Phi) is 4.76. The maximum Gasteiger partial charge on any atom is 0.142 e. The van der Waals surface area contributed by atoms with Gasteiger partial charge in [-0.05, 0) is 65.9 Å². The summed E-state index contributed by atoms with van der Waals surface area (Å²) in [5.41, 5.74) is 2.99. The Balaban J connectivity index is 1.38. The third-order valence-corrected chi connectivity index (χ3v) is 6.06. The van der Waals surface area contributed by atoms with Crippen LogP contribution in [-0.4, -0.2) is 28.7 Å². The standard InChI is InChI=1S/C27H22N4O2/c1-32-22-8-9-25-19(14-22)12-20(16-33-25)26-30-24-5-3-2-4-23(24)27(31-26)29-21-7-6-18-15-28-11-10-17(18)13-21/h2-11,13-15,20H,12,16H2,1H3,(H,29,30,31). The topological polar surface area (TPSA) is 69.2 Å². The van der Waals surface area contributed by atoms with Crippen LogP contribution in [0.2, 0.25) is 0 Å². The largest absolute Gasteiger partial charge is 0.497 e. The highest BCUT2D eigenvalue weighted by Gasteiger charge is 2.25. The molecule has 0 aliphatic carbocycles. The van der Waals surface area contributed by atoms with Gasteiger partial charge in [0, 0.05) is 28.9 Å². The van der Waals surface area contributed by atoms with E-state index in [4.69, 9.17) is 19.4 Å². The van der Waals surface area contributed by atoms with Crippen LogP contribution in [-0.2, 0) is 6.42 Å². The van der Waals surface area contributed by atoms with Gasteiger partial charge < -0.3 is 14.8 Å². The Bertz CT molecular complexity index is 1480. The third-order valence-electron chi connectivity index (χ3n) is 6.06. The second kappa shape index (κ2) is 8.06. The van der Waals surface area contributed by atoms with Crippen LogP contribution in [0.25, 0.3) is 21.7 Å². The number of methoxy groups -OCH3 is 1. The van der Waals surface area contributed by atoms with Crippen LogP contribution in [0.1, 0.15) is 17.3 Å². The molecule has 0 fully saturated rings. The molecule has 3 heterocycles. The zero-order valence-electron chi connectivity index (χ0n) is 18.2. The lowest BCUT2D eigenvalue weighted by atomic mass is 9.95. The lowest BCUT2D eigenvalue weighted by Crippen LogP contribution is -2.21. The molecule has 1 unspecified atom stereocenters. The number of para-hydroxylation sites is 1. The van der Waals surface area contributed by atoms with Gasteiger partial charge in [0.25, 0.3) is 0 Å². The van der Waals surface area contributed by atoms with Crippen LogP contribution in [0.4, 0.5) is 11.5 Å². The molecule has 6 heteroatoms. The van der Waals surface area contributed by atoms with Gasteiger partial charge in [-0.2, -0.15) is 0 Å². The number of nitrogens with one attached hydrogen (secondary N) is 1. The van der Waals surface area contributed by atoms with E-state index in [2.05, 4.69) is 22.4 Å². The molecule has 3 aromatic carbocycles. The summed E-state index contributed by atoms with van der Waals surface area (Å²) >= 11 is 0. The Morgan fingerprint density at radius 1 is 0.970 bits per heavy atom. The van der Waals surface area contributed by atoms with E-state index < -0.39 is 0 Å². The molecule has 0 spiro atoms. The summed E-state index contributed by atoms with van der Waals surface area (Å²) in [6, 6.07) is 22.2. The van der Waals surface area contributed by atoms with Crippen LogP contribution < -0.4 is 14.8 Å². The molecule has 1 atom stereocenters. The Hall–Kier alpha value is -4.19. The van der Waals surface area contributed by atoms with Crippen molar-refractivity contribution in [1.82, 2.24) is 15.0 Å². The molecule has 1 N–H and O–H groups in total. The molecule has 6 nitrogen and oxygen atoms in total. The van der Waals surface area contributed by atoms with Gasteiger partial charge in [0.2, 0.25) is 0 Å². The second-order valence-electron chi connectivity index (χ2n) is 8.20. The maximum absolute atomic E-state index is 6.05. The quantitative estimate of drug-likeness (QED) is 0.394. The molecule has 0 amide bonds. The molecule has 0 bridgehead atoms. The number of rotatable bonds is 4. The van der Waals surface area contributed by atoms with Gasteiger partial charge in [-0.15, -0.1) is 0 Å². The van der Waals surface area contributed by atoms with E-state index in [1.165, 1.54) is 0 Å². The highest BCUT2D eigenvalue weighted by Crippen LogP contribution is 2.35. The average Bonchev–Trinajstić information content (AvgIpc) is 2.88. The second-order valence-corrected chi connectivity index (χ2v) is 8.20. The molecule has 162 valence electrons. The fraction of sp³-hybridized carbons (Fsp3) is 0.148. The van der Waals surface area contributed by atoms with E-state index in [-0.39, 0.29) is 5.92 Å². The van der Waals surface area contributed by atoms with E-state index in [1.807, 2.05) is 60.8 Å². The summed E-state index contributed by atoms with van der Waals surface area (Å²) in [7, 11) is 1.68. The number of ether oxygens (including phenoxy) is 2. The van der Waals surface area contributed by atoms with E-state index in [0.717, 1.165) is 62.5 Å². The number of aromatic nitrogens is 3. The van der Waals surface area contributed by atoms with Gasteiger partial charge in [-0.3, -0.25) is 4.98 Å². The number of hydrogen-bond donors (Lipinski definition) is 1. The molecule has 0 saturated heterocycles. The average molecular weight is 434 g/mol. The molecule has 2 aromatic heterocycles. The van der Waals surface area contributed by atoms with E-state index in [1.54, 1.807) is 13.3 Å². The zero-order chi connectivity index (χ0) is 22.2. The molecule has 1 aliphatic heterocycles. The van der Waals surface area contributed by atoms with Crippen molar-refractivity contribution >= 4 is 33.2 Å². The highest BCUT2D eigenvalue weighted by atomic mass is 16.5. The lowest BCUT2D eigenvalue weighted by molar-refractivity contribution is 0.257. The highest BCUT2D eigenvalue weighted by molar-refractivity contribution is 5.92. The number of nitrogens with zero attached hydrogens (tertiary/aromatic N) is 3. The minimum atomic E-state index is 0.0532. The fourth-order valence-electron chi connectivity index (χ4n) is 4.33. The van der Waals surface area contributed by atoms with Crippen molar-refractivity contribution in [2.75, 3.05) is 19.0 Å². The summed E-state index contributed by atoms with van der Waals surface area (Å²) in [6.45, 7) is 0.542. The van der Waals surface area contributed by atoms with E-state index >= 15 is 0 Å². The van der Waals surface area contributed by atoms with Gasteiger partial charge in [-0.1, -0.05) is 18.2 Å². The Labute approximate surface area is 191 Å². The molecule has 5 aromatic rings. The first-order chi connectivity index (χ1) is 16.3. The summed E-state index contributed by atoms with van der Waals surface area (Å²) < 4.78 is 11.4. The molecular weight excluding hydrogens is 412 g/mol. The van der Waals surface area contributed by atoms with Crippen LogP contribution in [0, 0.1) is 0 Å². The molecule has 1 aliphatic rings. The van der Waals surface area contributed by atoms with E-state index in [9.17, 15) is 0 Å². The van der Waals surface area contributed by atoms with Gasteiger partial charge >= 0.3 is 0 Å². The fourth-order valence-corrected chi connectivity index (χ4v) is 4.33. The lowest BCUT2D eigenvalue weighted by Gasteiger charge is -2.25. The Morgan fingerprint density at radius 3 is 2.85 bits per heavy atom. The number of benzene rings is 3. The van der Waals surface area contributed by atoms with Gasteiger partial charge in [-0.25, -0.2) is 9.97 Å². The molecule has 6 rings (SSSR count). The van der Waals surface area contributed by atoms with Crippen molar-refractivity contribution in [1.29, 1.82) is 0 Å². The maximum atomic E-state index is 6.05. The van der Waals surface area contributed by atoms with Crippen molar-refractivity contribution in [3.05, 3.63) is 90.5 Å². The zero-order valence-corrected chi connectivity index (χ0v) is 18.2. The number of hydrogen-bond acceptors (Lipinski definition) is 6. The minimum Gasteiger partial charge on any atom is -0.497 e. The van der Waals surface area contributed by atoms with Crippen molar-refractivity contribution in [3.8, 4) is 11.5 Å². The van der Waals surface area contributed by atoms with Crippen molar-refractivity contribution < 1.29 is 9.47 Å². The number of anilines is 2. The normalized spacial score (nSPS) is 15.1. The summed E-state index contributed by atoms with van der Waals surface area (Å²) in [4.78, 5) is 14.1. The first-order valence-corrected chi connectivity index (χ1v) is 10.9. The van der Waals surface area contributed by atoms with Crippen molar-refractivity contribution in [2.45, 2.75) is 12.3 Å². The summed E-state index contributed by atoms with van der Waals surface area (Å²) in [5.74, 6) is 3.34. The van der Waals surface area contributed by atoms with Gasteiger partial charge in [0.1, 0.15) is 23.1 Å². The van der Waals surface area contributed by atoms with Gasteiger partial charge in [0.05, 0.1) is 25.2 Å². The predicted octanol–water partition coefficient (Wildman–Crippen LogP) is 5.65.